The van der Waals surface area contributed by atoms with Crippen molar-refractivity contribution in [1.82, 2.24) is 0 Å². The monoisotopic (exact) mass is 280 g/mol. The summed E-state index contributed by atoms with van der Waals surface area (Å²) in [5.74, 6) is -2.24. The summed E-state index contributed by atoms with van der Waals surface area (Å²) in [6.45, 7) is 0.000880. The maximum absolute atomic E-state index is 13.6. The Labute approximate surface area is 114 Å². The van der Waals surface area contributed by atoms with E-state index in [2.05, 4.69) is 0 Å². The number of para-hydroxylation sites is 1. The lowest BCUT2D eigenvalue weighted by Gasteiger charge is -2.10. The Balaban J connectivity index is 2.25. The molecule has 0 heterocycles. The Morgan fingerprint density at radius 1 is 1.21 bits per heavy atom. The third kappa shape index (κ3) is 3.03. The van der Waals surface area contributed by atoms with E-state index in [1.165, 1.54) is 12.1 Å². The van der Waals surface area contributed by atoms with Crippen molar-refractivity contribution in [3.63, 3.8) is 0 Å². The minimum atomic E-state index is -1.24. The molecule has 0 saturated carbocycles. The van der Waals surface area contributed by atoms with Crippen LogP contribution < -0.4 is 4.74 Å². The predicted octanol–water partition coefficient (Wildman–Crippen LogP) is 3.76. The summed E-state index contributed by atoms with van der Waals surface area (Å²) in [5.41, 5.74) is 0.441. The number of aromatic carboxylic acids is 1. The fraction of sp³-hybridized carbons (Fsp3) is 0.0714. The van der Waals surface area contributed by atoms with Gasteiger partial charge in [0.15, 0.2) is 11.6 Å². The van der Waals surface area contributed by atoms with Gasteiger partial charge in [0.25, 0.3) is 0 Å². The molecule has 2 rings (SSSR count). The molecule has 0 spiro atoms. The Morgan fingerprint density at radius 2 is 1.95 bits per heavy atom. The number of hydrogen-bond donors (Lipinski definition) is 1. The van der Waals surface area contributed by atoms with E-state index in [9.17, 15) is 9.18 Å². The van der Waals surface area contributed by atoms with Gasteiger partial charge in [0.1, 0.15) is 12.2 Å². The van der Waals surface area contributed by atoms with Crippen LogP contribution in [0.1, 0.15) is 15.9 Å². The van der Waals surface area contributed by atoms with Gasteiger partial charge in [0, 0.05) is 10.6 Å². The maximum atomic E-state index is 13.6. The van der Waals surface area contributed by atoms with Crippen molar-refractivity contribution in [3.05, 3.63) is 64.4 Å². The molecule has 0 aliphatic rings. The fourth-order valence-electron chi connectivity index (χ4n) is 1.59. The van der Waals surface area contributed by atoms with Crippen LogP contribution in [0.25, 0.3) is 0 Å². The van der Waals surface area contributed by atoms with Crippen molar-refractivity contribution < 1.29 is 19.0 Å². The molecule has 0 unspecified atom stereocenters. The topological polar surface area (TPSA) is 46.5 Å². The zero-order valence-electron chi connectivity index (χ0n) is 9.77. The van der Waals surface area contributed by atoms with Crippen LogP contribution in [0.5, 0.6) is 5.75 Å². The summed E-state index contributed by atoms with van der Waals surface area (Å²) in [5, 5.41) is 9.45. The SMILES string of the molecule is O=C(O)c1cccc(F)c1OCc1ccccc1Cl. The lowest BCUT2D eigenvalue weighted by molar-refractivity contribution is 0.0690. The highest BCUT2D eigenvalue weighted by Crippen LogP contribution is 2.25. The molecule has 3 nitrogen and oxygen atoms in total. The van der Waals surface area contributed by atoms with Gasteiger partial charge >= 0.3 is 5.97 Å². The van der Waals surface area contributed by atoms with Crippen molar-refractivity contribution in [3.8, 4) is 5.75 Å². The number of benzene rings is 2. The second-order valence-corrected chi connectivity index (χ2v) is 4.21. The van der Waals surface area contributed by atoms with Gasteiger partial charge in [0.05, 0.1) is 0 Å². The third-order valence-corrected chi connectivity index (χ3v) is 2.90. The molecule has 2 aromatic rings. The molecule has 0 aromatic heterocycles. The summed E-state index contributed by atoms with van der Waals surface area (Å²) in [6.07, 6.45) is 0. The van der Waals surface area contributed by atoms with Gasteiger partial charge in [0.2, 0.25) is 0 Å². The first-order valence-corrected chi connectivity index (χ1v) is 5.85. The highest BCUT2D eigenvalue weighted by Gasteiger charge is 2.16. The fourth-order valence-corrected chi connectivity index (χ4v) is 1.78. The first kappa shape index (κ1) is 13.4. The van der Waals surface area contributed by atoms with Crippen molar-refractivity contribution in [1.29, 1.82) is 0 Å². The van der Waals surface area contributed by atoms with Crippen LogP contribution in [0, 0.1) is 5.82 Å². The summed E-state index contributed by atoms with van der Waals surface area (Å²) >= 11 is 5.94. The first-order valence-electron chi connectivity index (χ1n) is 5.47. The number of hydrogen-bond acceptors (Lipinski definition) is 2. The average Bonchev–Trinajstić information content (AvgIpc) is 2.38. The van der Waals surface area contributed by atoms with Gasteiger partial charge in [-0.15, -0.1) is 0 Å². The highest BCUT2D eigenvalue weighted by atomic mass is 35.5. The summed E-state index contributed by atoms with van der Waals surface area (Å²) in [7, 11) is 0. The largest absolute Gasteiger partial charge is 0.485 e. The van der Waals surface area contributed by atoms with E-state index in [-0.39, 0.29) is 17.9 Å². The summed E-state index contributed by atoms with van der Waals surface area (Å²) < 4.78 is 18.8. The molecule has 19 heavy (non-hydrogen) atoms. The molecular formula is C14H10ClFO3. The molecule has 0 aliphatic carbocycles. The molecule has 0 fully saturated rings. The van der Waals surface area contributed by atoms with Gasteiger partial charge in [-0.25, -0.2) is 9.18 Å². The van der Waals surface area contributed by atoms with Crippen molar-refractivity contribution >= 4 is 17.6 Å². The molecule has 0 radical (unpaired) electrons. The molecule has 2 aromatic carbocycles. The maximum Gasteiger partial charge on any atom is 0.339 e. The van der Waals surface area contributed by atoms with Crippen molar-refractivity contribution in [2.24, 2.45) is 0 Å². The van der Waals surface area contributed by atoms with Gasteiger partial charge in [-0.05, 0) is 18.2 Å². The molecule has 0 aliphatic heterocycles. The van der Waals surface area contributed by atoms with Crippen LogP contribution in [0.3, 0.4) is 0 Å². The Kier molecular flexibility index (Phi) is 4.02. The Morgan fingerprint density at radius 3 is 2.63 bits per heavy atom. The lowest BCUT2D eigenvalue weighted by atomic mass is 10.2. The lowest BCUT2D eigenvalue weighted by Crippen LogP contribution is -2.05. The smallest absolute Gasteiger partial charge is 0.339 e. The number of carbonyl (C=O) groups is 1. The molecule has 1 N–H and O–H groups in total. The number of carboxylic acids is 1. The zero-order chi connectivity index (χ0) is 13.8. The average molecular weight is 281 g/mol. The molecule has 0 bridgehead atoms. The van der Waals surface area contributed by atoms with Crippen molar-refractivity contribution in [2.45, 2.75) is 6.61 Å². The van der Waals surface area contributed by atoms with E-state index < -0.39 is 11.8 Å². The summed E-state index contributed by atoms with van der Waals surface area (Å²) in [6, 6.07) is 10.7. The van der Waals surface area contributed by atoms with E-state index in [0.717, 1.165) is 6.07 Å². The van der Waals surface area contributed by atoms with Crippen LogP contribution >= 0.6 is 11.6 Å². The van der Waals surface area contributed by atoms with Gasteiger partial charge in [-0.3, -0.25) is 0 Å². The number of halogens is 2. The Hall–Kier alpha value is -2.07. The van der Waals surface area contributed by atoms with E-state index in [4.69, 9.17) is 21.4 Å². The second kappa shape index (κ2) is 5.71. The molecule has 0 saturated heterocycles. The van der Waals surface area contributed by atoms with Crippen LogP contribution in [0.4, 0.5) is 4.39 Å². The number of carboxylic acid groups (broad SMARTS) is 1. The van der Waals surface area contributed by atoms with Gasteiger partial charge in [-0.2, -0.15) is 0 Å². The molecule has 5 heteroatoms. The number of rotatable bonds is 4. The normalized spacial score (nSPS) is 10.2. The minimum Gasteiger partial charge on any atom is -0.485 e. The van der Waals surface area contributed by atoms with Crippen LogP contribution in [0.15, 0.2) is 42.5 Å². The van der Waals surface area contributed by atoms with Crippen LogP contribution in [-0.4, -0.2) is 11.1 Å². The third-order valence-electron chi connectivity index (χ3n) is 2.53. The first-order chi connectivity index (χ1) is 9.09. The van der Waals surface area contributed by atoms with E-state index in [1.807, 2.05) is 0 Å². The second-order valence-electron chi connectivity index (χ2n) is 3.80. The van der Waals surface area contributed by atoms with Crippen LogP contribution in [-0.2, 0) is 6.61 Å². The van der Waals surface area contributed by atoms with Gasteiger partial charge < -0.3 is 9.84 Å². The zero-order valence-corrected chi connectivity index (χ0v) is 10.5. The van der Waals surface area contributed by atoms with Crippen molar-refractivity contribution in [2.75, 3.05) is 0 Å². The molecule has 0 atom stereocenters. The minimum absolute atomic E-state index is 0.000880. The van der Waals surface area contributed by atoms with E-state index in [0.29, 0.717) is 10.6 Å². The van der Waals surface area contributed by atoms with E-state index in [1.54, 1.807) is 24.3 Å². The number of ether oxygens (including phenoxy) is 1. The highest BCUT2D eigenvalue weighted by molar-refractivity contribution is 6.31. The van der Waals surface area contributed by atoms with Crippen LogP contribution in [0.2, 0.25) is 5.02 Å². The predicted molar refractivity (Wildman–Crippen MR) is 69.1 cm³/mol. The standard InChI is InChI=1S/C14H10ClFO3/c15-11-6-2-1-4-9(11)8-19-13-10(14(17)18)5-3-7-12(13)16/h1-7H,8H2,(H,17,18). The quantitative estimate of drug-likeness (QED) is 0.927. The van der Waals surface area contributed by atoms with E-state index >= 15 is 0 Å². The molecule has 98 valence electrons. The summed E-state index contributed by atoms with van der Waals surface area (Å²) in [4.78, 5) is 11.0. The molecule has 0 amide bonds. The Bertz CT molecular complexity index is 613. The molecular weight excluding hydrogens is 271 g/mol. The van der Waals surface area contributed by atoms with Gasteiger partial charge in [-0.1, -0.05) is 35.9 Å².